The molecule has 0 radical (unpaired) electrons. The molecule has 7 nitrogen and oxygen atoms in total. The first-order valence-electron chi connectivity index (χ1n) is 7.95. The van der Waals surface area contributed by atoms with E-state index >= 15 is 0 Å². The fourth-order valence-corrected chi connectivity index (χ4v) is 4.62. The smallest absolute Gasteiger partial charge is 0.243 e. The molecule has 8 heteroatoms. The second-order valence-corrected chi connectivity index (χ2v) is 7.90. The molecule has 2 aliphatic heterocycles. The number of fused-ring (bicyclic) bond motifs is 1. The molecule has 1 aromatic carbocycles. The van der Waals surface area contributed by atoms with Gasteiger partial charge in [0.15, 0.2) is 0 Å². The number of hydrogen-bond donors (Lipinski definition) is 2. The lowest BCUT2D eigenvalue weighted by Gasteiger charge is -2.25. The van der Waals surface area contributed by atoms with Crippen molar-refractivity contribution in [2.24, 2.45) is 0 Å². The van der Waals surface area contributed by atoms with Crippen molar-refractivity contribution in [1.29, 1.82) is 0 Å². The lowest BCUT2D eigenvalue weighted by atomic mass is 10.2. The van der Waals surface area contributed by atoms with E-state index in [0.29, 0.717) is 31.2 Å². The molecule has 2 aliphatic rings. The fourth-order valence-electron chi connectivity index (χ4n) is 3.19. The Morgan fingerprint density at radius 2 is 2.09 bits per heavy atom. The Labute approximate surface area is 135 Å². The predicted octanol–water partition coefficient (Wildman–Crippen LogP) is 1.01. The zero-order valence-electron chi connectivity index (χ0n) is 12.8. The Kier molecular flexibility index (Phi) is 3.84. The van der Waals surface area contributed by atoms with Crippen molar-refractivity contribution in [2.75, 3.05) is 32.8 Å². The monoisotopic (exact) mass is 336 g/mol. The van der Waals surface area contributed by atoms with Crippen molar-refractivity contribution in [2.45, 2.75) is 23.8 Å². The molecule has 0 aliphatic carbocycles. The van der Waals surface area contributed by atoms with Crippen molar-refractivity contribution in [3.8, 4) is 0 Å². The standard InChI is InChI=1S/C15H20N4O3S/c20-23(21,19-6-8-22-9-7-19)11-3-4-12-14(10-11)18-15(17-12)13-2-1-5-16-13/h3-4,10,13,16H,1-2,5-9H2,(H,17,18)/t13-/m0/s1. The summed E-state index contributed by atoms with van der Waals surface area (Å²) in [5, 5.41) is 3.40. The van der Waals surface area contributed by atoms with E-state index in [0.717, 1.165) is 36.2 Å². The van der Waals surface area contributed by atoms with Crippen LogP contribution in [0.2, 0.25) is 0 Å². The summed E-state index contributed by atoms with van der Waals surface area (Å²) in [5.74, 6) is 0.887. The summed E-state index contributed by atoms with van der Waals surface area (Å²) in [6.07, 6.45) is 2.19. The van der Waals surface area contributed by atoms with Crippen LogP contribution >= 0.6 is 0 Å². The van der Waals surface area contributed by atoms with Crippen LogP contribution in [-0.2, 0) is 14.8 Å². The normalized spacial score (nSPS) is 23.6. The Morgan fingerprint density at radius 3 is 2.83 bits per heavy atom. The van der Waals surface area contributed by atoms with Crippen LogP contribution in [0.3, 0.4) is 0 Å². The first-order valence-corrected chi connectivity index (χ1v) is 9.39. The number of aromatic nitrogens is 2. The number of nitrogens with one attached hydrogen (secondary N) is 2. The summed E-state index contributed by atoms with van der Waals surface area (Å²) in [4.78, 5) is 8.16. The van der Waals surface area contributed by atoms with Crippen LogP contribution in [0.15, 0.2) is 23.1 Å². The van der Waals surface area contributed by atoms with Crippen molar-refractivity contribution in [3.63, 3.8) is 0 Å². The van der Waals surface area contributed by atoms with Crippen molar-refractivity contribution >= 4 is 21.1 Å². The van der Waals surface area contributed by atoms with Gasteiger partial charge in [-0.2, -0.15) is 4.31 Å². The van der Waals surface area contributed by atoms with Gasteiger partial charge in [-0.15, -0.1) is 0 Å². The molecule has 2 fully saturated rings. The number of nitrogens with zero attached hydrogens (tertiary/aromatic N) is 2. The number of morpholine rings is 1. The van der Waals surface area contributed by atoms with Gasteiger partial charge in [0.2, 0.25) is 10.0 Å². The van der Waals surface area contributed by atoms with Crippen LogP contribution in [0.1, 0.15) is 24.7 Å². The molecule has 0 unspecified atom stereocenters. The van der Waals surface area contributed by atoms with Crippen molar-refractivity contribution < 1.29 is 13.2 Å². The third-order valence-corrected chi connectivity index (χ3v) is 6.36. The van der Waals surface area contributed by atoms with Crippen LogP contribution in [-0.4, -0.2) is 55.5 Å². The first kappa shape index (κ1) is 15.1. The second kappa shape index (κ2) is 5.86. The van der Waals surface area contributed by atoms with Gasteiger partial charge in [0.25, 0.3) is 0 Å². The number of rotatable bonds is 3. The van der Waals surface area contributed by atoms with Gasteiger partial charge in [0.1, 0.15) is 5.82 Å². The third-order valence-electron chi connectivity index (χ3n) is 4.47. The maximum Gasteiger partial charge on any atom is 0.243 e. The van der Waals surface area contributed by atoms with Gasteiger partial charge in [-0.3, -0.25) is 0 Å². The zero-order chi connectivity index (χ0) is 15.9. The highest BCUT2D eigenvalue weighted by atomic mass is 32.2. The number of sulfonamides is 1. The Bertz CT molecular complexity index is 805. The molecule has 2 N–H and O–H groups in total. The largest absolute Gasteiger partial charge is 0.379 e. The minimum atomic E-state index is -3.47. The van der Waals surface area contributed by atoms with E-state index in [1.54, 1.807) is 18.2 Å². The van der Waals surface area contributed by atoms with E-state index in [-0.39, 0.29) is 6.04 Å². The highest BCUT2D eigenvalue weighted by molar-refractivity contribution is 7.89. The van der Waals surface area contributed by atoms with Crippen LogP contribution in [0.25, 0.3) is 11.0 Å². The van der Waals surface area contributed by atoms with E-state index in [1.165, 1.54) is 4.31 Å². The lowest BCUT2D eigenvalue weighted by molar-refractivity contribution is 0.0730. The minimum Gasteiger partial charge on any atom is -0.379 e. The molecule has 0 bridgehead atoms. The van der Waals surface area contributed by atoms with Gasteiger partial charge in [-0.1, -0.05) is 0 Å². The third kappa shape index (κ3) is 2.76. The highest BCUT2D eigenvalue weighted by Crippen LogP contribution is 2.25. The topological polar surface area (TPSA) is 87.3 Å². The van der Waals surface area contributed by atoms with Crippen LogP contribution in [0, 0.1) is 0 Å². The van der Waals surface area contributed by atoms with Crippen molar-refractivity contribution in [1.82, 2.24) is 19.6 Å². The van der Waals surface area contributed by atoms with Gasteiger partial charge in [0.05, 0.1) is 35.2 Å². The quantitative estimate of drug-likeness (QED) is 0.873. The first-order chi connectivity index (χ1) is 11.1. The van der Waals surface area contributed by atoms with E-state index in [4.69, 9.17) is 4.74 Å². The molecular formula is C15H20N4O3S. The average molecular weight is 336 g/mol. The molecule has 2 aromatic rings. The van der Waals surface area contributed by atoms with Crippen molar-refractivity contribution in [3.05, 3.63) is 24.0 Å². The van der Waals surface area contributed by atoms with E-state index in [9.17, 15) is 8.42 Å². The summed E-state index contributed by atoms with van der Waals surface area (Å²) in [6, 6.07) is 5.34. The van der Waals surface area contributed by atoms with Gasteiger partial charge in [-0.25, -0.2) is 13.4 Å². The summed E-state index contributed by atoms with van der Waals surface area (Å²) in [6.45, 7) is 2.70. The molecule has 23 heavy (non-hydrogen) atoms. The molecule has 124 valence electrons. The number of benzene rings is 1. The molecule has 1 atom stereocenters. The SMILES string of the molecule is O=S(=O)(c1ccc2nc([C@@H]3CCCN3)[nH]c2c1)N1CCOCC1. The number of aromatic amines is 1. The molecule has 4 rings (SSSR count). The number of imidazole rings is 1. The van der Waals surface area contributed by atoms with Gasteiger partial charge in [-0.05, 0) is 37.6 Å². The molecule has 0 saturated carbocycles. The minimum absolute atomic E-state index is 0.238. The second-order valence-electron chi connectivity index (χ2n) is 5.97. The van der Waals surface area contributed by atoms with E-state index in [2.05, 4.69) is 15.3 Å². The molecular weight excluding hydrogens is 316 g/mol. The van der Waals surface area contributed by atoms with Gasteiger partial charge < -0.3 is 15.0 Å². The predicted molar refractivity (Wildman–Crippen MR) is 85.6 cm³/mol. The molecule has 1 aromatic heterocycles. The molecule has 0 spiro atoms. The van der Waals surface area contributed by atoms with E-state index < -0.39 is 10.0 Å². The molecule has 2 saturated heterocycles. The van der Waals surface area contributed by atoms with Gasteiger partial charge >= 0.3 is 0 Å². The Hall–Kier alpha value is -1.48. The fraction of sp³-hybridized carbons (Fsp3) is 0.533. The Morgan fingerprint density at radius 1 is 1.26 bits per heavy atom. The number of ether oxygens (including phenoxy) is 1. The summed E-state index contributed by atoms with van der Waals surface area (Å²) < 4.78 is 32.1. The maximum absolute atomic E-state index is 12.7. The molecule has 0 amide bonds. The zero-order valence-corrected chi connectivity index (χ0v) is 13.6. The Balaban J connectivity index is 1.67. The summed E-state index contributed by atoms with van der Waals surface area (Å²) >= 11 is 0. The van der Waals surface area contributed by atoms with Crippen LogP contribution < -0.4 is 5.32 Å². The maximum atomic E-state index is 12.7. The summed E-state index contributed by atoms with van der Waals surface area (Å²) in [7, 11) is -3.47. The van der Waals surface area contributed by atoms with Gasteiger partial charge in [0, 0.05) is 13.1 Å². The number of hydrogen-bond acceptors (Lipinski definition) is 5. The number of H-pyrrole nitrogens is 1. The summed E-state index contributed by atoms with van der Waals surface area (Å²) in [5.41, 5.74) is 1.57. The average Bonchev–Trinajstić information content (AvgIpc) is 3.24. The molecule has 3 heterocycles. The van der Waals surface area contributed by atoms with Crippen LogP contribution in [0.4, 0.5) is 0 Å². The highest BCUT2D eigenvalue weighted by Gasteiger charge is 2.27. The lowest BCUT2D eigenvalue weighted by Crippen LogP contribution is -2.40. The van der Waals surface area contributed by atoms with Crippen LogP contribution in [0.5, 0.6) is 0 Å². The van der Waals surface area contributed by atoms with E-state index in [1.807, 2.05) is 0 Å².